The maximum absolute atomic E-state index is 12.6. The van der Waals surface area contributed by atoms with Gasteiger partial charge in [0.15, 0.2) is 11.4 Å². The van der Waals surface area contributed by atoms with E-state index in [2.05, 4.69) is 10.3 Å². The molecule has 1 amide bonds. The number of rotatable bonds is 4. The van der Waals surface area contributed by atoms with Crippen molar-refractivity contribution < 1.29 is 9.53 Å². The Hall–Kier alpha value is -2.82. The third-order valence-corrected chi connectivity index (χ3v) is 3.80. The van der Waals surface area contributed by atoms with Crippen molar-refractivity contribution in [1.29, 1.82) is 0 Å². The summed E-state index contributed by atoms with van der Waals surface area (Å²) in [6.45, 7) is 4.35. The minimum Gasteiger partial charge on any atom is -0.493 e. The fourth-order valence-corrected chi connectivity index (χ4v) is 2.56. The van der Waals surface area contributed by atoms with Crippen LogP contribution in [0.5, 0.6) is 5.75 Å². The first kappa shape index (κ1) is 15.1. The molecule has 3 rings (SSSR count). The third kappa shape index (κ3) is 2.90. The van der Waals surface area contributed by atoms with E-state index in [0.717, 1.165) is 5.56 Å². The molecule has 5 nitrogen and oxygen atoms in total. The average Bonchev–Trinajstić information content (AvgIpc) is 2.90. The smallest absolute Gasteiger partial charge is 0.270 e. The molecule has 2 aromatic heterocycles. The number of carbonyl (C=O) groups is 1. The Kier molecular flexibility index (Phi) is 4.02. The standard InChI is InChI=1S/C18H19N3O2/c1-12-6-8-14(9-7-12)11-19-18(22)16-13(2)20-17-15(23-3)5-4-10-21(16)17/h4-10H,11H2,1-3H3,(H,19,22). The summed E-state index contributed by atoms with van der Waals surface area (Å²) in [5, 5.41) is 2.95. The number of nitrogens with zero attached hydrogens (tertiary/aromatic N) is 2. The largest absolute Gasteiger partial charge is 0.493 e. The van der Waals surface area contributed by atoms with Crippen LogP contribution in [-0.4, -0.2) is 22.4 Å². The summed E-state index contributed by atoms with van der Waals surface area (Å²) in [6, 6.07) is 11.8. The number of ether oxygens (including phenoxy) is 1. The normalized spacial score (nSPS) is 10.7. The lowest BCUT2D eigenvalue weighted by Crippen LogP contribution is -2.25. The lowest BCUT2D eigenvalue weighted by Gasteiger charge is -2.07. The number of aromatic nitrogens is 2. The highest BCUT2D eigenvalue weighted by Crippen LogP contribution is 2.21. The molecular formula is C18H19N3O2. The van der Waals surface area contributed by atoms with Gasteiger partial charge in [0.1, 0.15) is 5.69 Å². The highest BCUT2D eigenvalue weighted by molar-refractivity contribution is 5.94. The Morgan fingerprint density at radius 3 is 2.65 bits per heavy atom. The molecule has 1 N–H and O–H groups in total. The molecule has 0 aliphatic rings. The molecule has 0 spiro atoms. The number of nitrogens with one attached hydrogen (secondary N) is 1. The van der Waals surface area contributed by atoms with Crippen LogP contribution in [0.4, 0.5) is 0 Å². The van der Waals surface area contributed by atoms with E-state index in [1.54, 1.807) is 11.5 Å². The lowest BCUT2D eigenvalue weighted by atomic mass is 10.1. The zero-order valence-electron chi connectivity index (χ0n) is 13.5. The van der Waals surface area contributed by atoms with E-state index < -0.39 is 0 Å². The summed E-state index contributed by atoms with van der Waals surface area (Å²) in [5.41, 5.74) is 4.12. The zero-order chi connectivity index (χ0) is 16.4. The van der Waals surface area contributed by atoms with Gasteiger partial charge in [-0.25, -0.2) is 4.98 Å². The van der Waals surface area contributed by atoms with Gasteiger partial charge in [-0.1, -0.05) is 29.8 Å². The first-order valence-electron chi connectivity index (χ1n) is 7.45. The Bertz CT molecular complexity index is 851. The molecule has 1 aromatic carbocycles. The molecule has 0 saturated carbocycles. The van der Waals surface area contributed by atoms with Gasteiger partial charge in [-0.2, -0.15) is 0 Å². The maximum atomic E-state index is 12.6. The fraction of sp³-hybridized carbons (Fsp3) is 0.222. The number of hydrogen-bond acceptors (Lipinski definition) is 3. The van der Waals surface area contributed by atoms with Crippen molar-refractivity contribution in [2.45, 2.75) is 20.4 Å². The van der Waals surface area contributed by atoms with Gasteiger partial charge in [0, 0.05) is 12.7 Å². The molecule has 0 radical (unpaired) electrons. The molecule has 0 bridgehead atoms. The minimum atomic E-state index is -0.149. The van der Waals surface area contributed by atoms with E-state index in [0.29, 0.717) is 29.3 Å². The Morgan fingerprint density at radius 2 is 1.96 bits per heavy atom. The molecule has 0 saturated heterocycles. The summed E-state index contributed by atoms with van der Waals surface area (Å²) in [6.07, 6.45) is 1.82. The topological polar surface area (TPSA) is 55.6 Å². The van der Waals surface area contributed by atoms with Crippen molar-refractivity contribution in [2.75, 3.05) is 7.11 Å². The lowest BCUT2D eigenvalue weighted by molar-refractivity contribution is 0.0944. The summed E-state index contributed by atoms with van der Waals surface area (Å²) in [7, 11) is 1.59. The highest BCUT2D eigenvalue weighted by Gasteiger charge is 2.18. The van der Waals surface area contributed by atoms with Gasteiger partial charge < -0.3 is 10.1 Å². The molecule has 2 heterocycles. The van der Waals surface area contributed by atoms with Gasteiger partial charge in [-0.05, 0) is 31.5 Å². The predicted molar refractivity (Wildman–Crippen MR) is 88.8 cm³/mol. The summed E-state index contributed by atoms with van der Waals surface area (Å²) in [4.78, 5) is 17.0. The molecule has 3 aromatic rings. The summed E-state index contributed by atoms with van der Waals surface area (Å²) < 4.78 is 7.06. The van der Waals surface area contributed by atoms with Crippen LogP contribution in [0.15, 0.2) is 42.6 Å². The molecule has 5 heteroatoms. The van der Waals surface area contributed by atoms with E-state index in [-0.39, 0.29) is 5.91 Å². The number of pyridine rings is 1. The first-order chi connectivity index (χ1) is 11.1. The van der Waals surface area contributed by atoms with Crippen LogP contribution >= 0.6 is 0 Å². The van der Waals surface area contributed by atoms with Crippen LogP contribution in [0.1, 0.15) is 27.3 Å². The summed E-state index contributed by atoms with van der Waals surface area (Å²) >= 11 is 0. The molecule has 0 aliphatic heterocycles. The van der Waals surface area contributed by atoms with Gasteiger partial charge >= 0.3 is 0 Å². The van der Waals surface area contributed by atoms with Crippen molar-refractivity contribution in [3.8, 4) is 5.75 Å². The van der Waals surface area contributed by atoms with Crippen LogP contribution < -0.4 is 10.1 Å². The Morgan fingerprint density at radius 1 is 1.22 bits per heavy atom. The molecule has 0 atom stereocenters. The SMILES string of the molecule is COc1cccn2c(C(=O)NCc3ccc(C)cc3)c(C)nc12. The molecule has 0 aliphatic carbocycles. The quantitative estimate of drug-likeness (QED) is 0.806. The van der Waals surface area contributed by atoms with Crippen LogP contribution in [0.3, 0.4) is 0 Å². The van der Waals surface area contributed by atoms with Gasteiger partial charge in [0.2, 0.25) is 0 Å². The zero-order valence-corrected chi connectivity index (χ0v) is 13.5. The maximum Gasteiger partial charge on any atom is 0.270 e. The van der Waals surface area contributed by atoms with Crippen LogP contribution in [-0.2, 0) is 6.54 Å². The number of aryl methyl sites for hydroxylation is 2. The second kappa shape index (κ2) is 6.12. The van der Waals surface area contributed by atoms with Crippen molar-refractivity contribution in [3.63, 3.8) is 0 Å². The first-order valence-corrected chi connectivity index (χ1v) is 7.45. The van der Waals surface area contributed by atoms with E-state index in [1.165, 1.54) is 5.56 Å². The monoisotopic (exact) mass is 309 g/mol. The second-order valence-electron chi connectivity index (χ2n) is 5.48. The van der Waals surface area contributed by atoms with E-state index in [4.69, 9.17) is 4.74 Å². The number of fused-ring (bicyclic) bond motifs is 1. The van der Waals surface area contributed by atoms with Gasteiger partial charge in [0.05, 0.1) is 12.8 Å². The van der Waals surface area contributed by atoms with Crippen LogP contribution in [0.2, 0.25) is 0 Å². The molecule has 118 valence electrons. The number of methoxy groups -OCH3 is 1. The van der Waals surface area contributed by atoms with Crippen molar-refractivity contribution in [2.24, 2.45) is 0 Å². The molecular weight excluding hydrogens is 290 g/mol. The number of benzene rings is 1. The highest BCUT2D eigenvalue weighted by atomic mass is 16.5. The van der Waals surface area contributed by atoms with Crippen molar-refractivity contribution in [1.82, 2.24) is 14.7 Å². The van der Waals surface area contributed by atoms with E-state index in [1.807, 2.05) is 56.4 Å². The molecule has 23 heavy (non-hydrogen) atoms. The number of imidazole rings is 1. The van der Waals surface area contributed by atoms with E-state index in [9.17, 15) is 4.79 Å². The summed E-state index contributed by atoms with van der Waals surface area (Å²) in [5.74, 6) is 0.497. The van der Waals surface area contributed by atoms with Crippen molar-refractivity contribution >= 4 is 11.6 Å². The molecule has 0 unspecified atom stereocenters. The second-order valence-corrected chi connectivity index (χ2v) is 5.48. The van der Waals surface area contributed by atoms with Gasteiger partial charge in [-0.15, -0.1) is 0 Å². The fourth-order valence-electron chi connectivity index (χ4n) is 2.56. The van der Waals surface area contributed by atoms with Gasteiger partial charge in [0.25, 0.3) is 5.91 Å². The minimum absolute atomic E-state index is 0.149. The Balaban J connectivity index is 1.86. The van der Waals surface area contributed by atoms with Crippen molar-refractivity contribution in [3.05, 3.63) is 65.1 Å². The number of carbonyl (C=O) groups excluding carboxylic acids is 1. The molecule has 0 fully saturated rings. The van der Waals surface area contributed by atoms with Gasteiger partial charge in [-0.3, -0.25) is 9.20 Å². The Labute approximate surface area is 134 Å². The van der Waals surface area contributed by atoms with Crippen LogP contribution in [0, 0.1) is 13.8 Å². The predicted octanol–water partition coefficient (Wildman–Crippen LogP) is 2.89. The number of amides is 1. The average molecular weight is 309 g/mol. The number of hydrogen-bond donors (Lipinski definition) is 1. The third-order valence-electron chi connectivity index (χ3n) is 3.80. The van der Waals surface area contributed by atoms with E-state index >= 15 is 0 Å². The van der Waals surface area contributed by atoms with Crippen LogP contribution in [0.25, 0.3) is 5.65 Å².